The molecule has 0 spiro atoms. The number of hydrogen-bond donors (Lipinski definition) is 5. The first-order chi connectivity index (χ1) is 16.3. The molecule has 2 aromatic carbocycles. The minimum atomic E-state index is -1.44. The smallest absolute Gasteiger partial charge is 0.407 e. The van der Waals surface area contributed by atoms with Crippen LogP contribution in [0.5, 0.6) is 5.75 Å². The fraction of sp³-hybridized carbons (Fsp3) is 0.261. The second-order valence-electron chi connectivity index (χ2n) is 7.46. The van der Waals surface area contributed by atoms with Gasteiger partial charge in [0.15, 0.2) is 11.2 Å². The molecule has 6 N–H and O–H groups in total. The van der Waals surface area contributed by atoms with E-state index in [0.717, 1.165) is 21.8 Å². The number of carbonyl (C=O) groups excluding carboxylic acids is 1. The first kappa shape index (κ1) is 25.0. The highest BCUT2D eigenvalue weighted by molar-refractivity contribution is 7.13. The lowest BCUT2D eigenvalue weighted by Gasteiger charge is -2.22. The van der Waals surface area contributed by atoms with Crippen LogP contribution >= 0.6 is 11.3 Å². The highest BCUT2D eigenvalue weighted by atomic mass is 32.1. The second kappa shape index (κ2) is 12.0. The number of rotatable bonds is 11. The lowest BCUT2D eigenvalue weighted by atomic mass is 10.1. The van der Waals surface area contributed by atoms with Crippen molar-refractivity contribution in [1.82, 2.24) is 9.88 Å². The number of carboxylic acid groups (broad SMARTS) is 1. The number of benzene rings is 2. The first-order valence-corrected chi connectivity index (χ1v) is 11.3. The Balaban J connectivity index is 1.47. The summed E-state index contributed by atoms with van der Waals surface area (Å²) in [6.45, 7) is 0.0598. The Morgan fingerprint density at radius 1 is 1.12 bits per heavy atom. The summed E-state index contributed by atoms with van der Waals surface area (Å²) in [6, 6.07) is 15.8. The van der Waals surface area contributed by atoms with Gasteiger partial charge < -0.3 is 36.0 Å². The summed E-state index contributed by atoms with van der Waals surface area (Å²) in [5.41, 5.74) is 7.02. The normalized spacial score (nSPS) is 12.5. The number of para-hydroxylation sites is 1. The van der Waals surface area contributed by atoms with Gasteiger partial charge in [0.2, 0.25) is 0 Å². The third-order valence-corrected chi connectivity index (χ3v) is 5.54. The Hall–Kier alpha value is -3.67. The van der Waals surface area contributed by atoms with Crippen molar-refractivity contribution < 1.29 is 29.6 Å². The van der Waals surface area contributed by atoms with Crippen molar-refractivity contribution >= 4 is 34.2 Å². The number of thiazole rings is 1. The van der Waals surface area contributed by atoms with Crippen molar-refractivity contribution in [2.45, 2.75) is 18.6 Å². The zero-order valence-electron chi connectivity index (χ0n) is 18.2. The van der Waals surface area contributed by atoms with Crippen LogP contribution in [0.15, 0.2) is 60.0 Å². The van der Waals surface area contributed by atoms with E-state index in [-0.39, 0.29) is 30.5 Å². The van der Waals surface area contributed by atoms with Gasteiger partial charge in [-0.2, -0.15) is 0 Å². The number of anilines is 2. The summed E-state index contributed by atoms with van der Waals surface area (Å²) in [5, 5.41) is 34.1. The number of hydrogen-bond acceptors (Lipinski definition) is 8. The quantitative estimate of drug-likeness (QED) is 0.276. The number of aromatic nitrogens is 1. The maximum absolute atomic E-state index is 12.2. The van der Waals surface area contributed by atoms with Gasteiger partial charge in [-0.15, -0.1) is 11.3 Å². The molecule has 2 amide bonds. The van der Waals surface area contributed by atoms with Gasteiger partial charge in [0.25, 0.3) is 5.91 Å². The Labute approximate surface area is 200 Å². The minimum Gasteiger partial charge on any atom is -0.491 e. The predicted molar refractivity (Wildman–Crippen MR) is 128 cm³/mol. The van der Waals surface area contributed by atoms with E-state index in [1.54, 1.807) is 48.5 Å². The molecule has 0 aliphatic heterocycles. The van der Waals surface area contributed by atoms with Crippen LogP contribution in [0.4, 0.5) is 15.6 Å². The Morgan fingerprint density at radius 2 is 1.82 bits per heavy atom. The predicted octanol–water partition coefficient (Wildman–Crippen LogP) is 2.36. The standard InChI is InChI=1S/C23H26N4O6S/c24-22-26-19(14-34-22)20(29)21(30)25-16-8-6-15(7-9-16)10-11-27(23(31)32)12-17(28)13-33-18-4-2-1-3-5-18/h1-9,14,17,20,28-29H,10-13H2,(H2,24,26)(H,25,30)(H,31,32). The Kier molecular flexibility index (Phi) is 8.79. The summed E-state index contributed by atoms with van der Waals surface area (Å²) in [5.74, 6) is -0.0411. The van der Waals surface area contributed by atoms with Crippen molar-refractivity contribution in [3.63, 3.8) is 0 Å². The Bertz CT molecular complexity index is 1080. The number of aliphatic hydroxyl groups excluding tert-OH is 2. The average Bonchev–Trinajstić information content (AvgIpc) is 3.27. The topological polar surface area (TPSA) is 158 Å². The molecule has 0 aliphatic carbocycles. The number of aliphatic hydroxyl groups is 2. The van der Waals surface area contributed by atoms with Crippen molar-refractivity contribution in [2.24, 2.45) is 0 Å². The molecule has 0 aliphatic rings. The summed E-state index contributed by atoms with van der Waals surface area (Å²) in [7, 11) is 0. The molecule has 2 atom stereocenters. The van der Waals surface area contributed by atoms with Crippen LogP contribution in [0.25, 0.3) is 0 Å². The third kappa shape index (κ3) is 7.44. The van der Waals surface area contributed by atoms with Crippen LogP contribution in [-0.2, 0) is 11.2 Å². The molecule has 10 nitrogen and oxygen atoms in total. The summed E-state index contributed by atoms with van der Waals surface area (Å²) >= 11 is 1.13. The van der Waals surface area contributed by atoms with Gasteiger partial charge in [-0.3, -0.25) is 4.79 Å². The molecule has 3 aromatic rings. The highest BCUT2D eigenvalue weighted by Gasteiger charge is 2.20. The lowest BCUT2D eigenvalue weighted by Crippen LogP contribution is -2.40. The number of nitrogens with zero attached hydrogens (tertiary/aromatic N) is 2. The molecule has 180 valence electrons. The second-order valence-corrected chi connectivity index (χ2v) is 8.35. The van der Waals surface area contributed by atoms with Gasteiger partial charge >= 0.3 is 6.09 Å². The molecule has 3 rings (SSSR count). The number of carbonyl (C=O) groups is 2. The summed E-state index contributed by atoms with van der Waals surface area (Å²) in [4.78, 5) is 28.8. The van der Waals surface area contributed by atoms with E-state index >= 15 is 0 Å². The number of amides is 2. The van der Waals surface area contributed by atoms with Gasteiger partial charge in [0.05, 0.1) is 12.2 Å². The highest BCUT2D eigenvalue weighted by Crippen LogP contribution is 2.20. The van der Waals surface area contributed by atoms with Crippen LogP contribution in [0.1, 0.15) is 17.4 Å². The maximum atomic E-state index is 12.2. The molecule has 0 fully saturated rings. The van der Waals surface area contributed by atoms with E-state index in [2.05, 4.69) is 10.3 Å². The van der Waals surface area contributed by atoms with E-state index in [0.29, 0.717) is 17.9 Å². The fourth-order valence-corrected chi connectivity index (χ4v) is 3.65. The van der Waals surface area contributed by atoms with Gasteiger partial charge in [-0.05, 0) is 36.2 Å². The number of ether oxygens (including phenoxy) is 1. The molecule has 2 unspecified atom stereocenters. The lowest BCUT2D eigenvalue weighted by molar-refractivity contribution is -0.124. The van der Waals surface area contributed by atoms with Gasteiger partial charge in [0.1, 0.15) is 18.5 Å². The monoisotopic (exact) mass is 486 g/mol. The Morgan fingerprint density at radius 3 is 2.44 bits per heavy atom. The SMILES string of the molecule is Nc1nc(C(O)C(=O)Nc2ccc(CCN(CC(O)COc3ccccc3)C(=O)O)cc2)cs1. The first-order valence-electron chi connectivity index (χ1n) is 10.4. The third-order valence-electron chi connectivity index (χ3n) is 4.85. The number of nitrogens with one attached hydrogen (secondary N) is 1. The van der Waals surface area contributed by atoms with Crippen molar-refractivity contribution in [3.05, 3.63) is 71.2 Å². The van der Waals surface area contributed by atoms with Crippen LogP contribution in [0.2, 0.25) is 0 Å². The van der Waals surface area contributed by atoms with Crippen molar-refractivity contribution in [3.8, 4) is 5.75 Å². The average molecular weight is 487 g/mol. The van der Waals surface area contributed by atoms with Gasteiger partial charge in [-0.25, -0.2) is 9.78 Å². The number of nitrogens with two attached hydrogens (primary N) is 1. The van der Waals surface area contributed by atoms with E-state index in [1.165, 1.54) is 5.38 Å². The van der Waals surface area contributed by atoms with E-state index in [4.69, 9.17) is 10.5 Å². The molecule has 0 saturated heterocycles. The molecule has 34 heavy (non-hydrogen) atoms. The van der Waals surface area contributed by atoms with Crippen LogP contribution in [0, 0.1) is 0 Å². The fourth-order valence-electron chi connectivity index (χ4n) is 3.07. The molecular weight excluding hydrogens is 460 g/mol. The van der Waals surface area contributed by atoms with Crippen molar-refractivity contribution in [2.75, 3.05) is 30.7 Å². The minimum absolute atomic E-state index is 0.0263. The van der Waals surface area contributed by atoms with E-state index in [9.17, 15) is 24.9 Å². The van der Waals surface area contributed by atoms with E-state index < -0.39 is 24.2 Å². The molecule has 0 saturated carbocycles. The zero-order chi connectivity index (χ0) is 24.5. The largest absolute Gasteiger partial charge is 0.491 e. The van der Waals surface area contributed by atoms with Crippen molar-refractivity contribution in [1.29, 1.82) is 0 Å². The van der Waals surface area contributed by atoms with Gasteiger partial charge in [-0.1, -0.05) is 30.3 Å². The molecule has 11 heteroatoms. The van der Waals surface area contributed by atoms with Crippen LogP contribution < -0.4 is 15.8 Å². The molecular formula is C23H26N4O6S. The summed E-state index contributed by atoms with van der Waals surface area (Å²) in [6.07, 6.45) is -3.14. The molecule has 0 bridgehead atoms. The maximum Gasteiger partial charge on any atom is 0.407 e. The van der Waals surface area contributed by atoms with Crippen LogP contribution in [-0.4, -0.2) is 63.0 Å². The zero-order valence-corrected chi connectivity index (χ0v) is 19.0. The summed E-state index contributed by atoms with van der Waals surface area (Å²) < 4.78 is 5.47. The van der Waals surface area contributed by atoms with Gasteiger partial charge in [0, 0.05) is 17.6 Å². The van der Waals surface area contributed by atoms with E-state index in [1.807, 2.05) is 6.07 Å². The molecule has 0 radical (unpaired) electrons. The molecule has 1 aromatic heterocycles. The van der Waals surface area contributed by atoms with Crippen LogP contribution in [0.3, 0.4) is 0 Å². The number of nitrogen functional groups attached to an aromatic ring is 1. The molecule has 1 heterocycles.